The Morgan fingerprint density at radius 1 is 1.48 bits per heavy atom. The fraction of sp³-hybridized carbons (Fsp3) is 0.333. The van der Waals surface area contributed by atoms with Crippen LogP contribution in [0.2, 0.25) is 0 Å². The molecule has 1 aromatic carbocycles. The second kappa shape index (κ2) is 7.18. The lowest BCUT2D eigenvalue weighted by Gasteiger charge is -2.30. The Labute approximate surface area is 148 Å². The van der Waals surface area contributed by atoms with Gasteiger partial charge in [-0.1, -0.05) is 0 Å². The number of carbonyl (C=O) groups is 1. The first kappa shape index (κ1) is 17.6. The second-order valence-corrected chi connectivity index (χ2v) is 6.11. The van der Waals surface area contributed by atoms with E-state index in [2.05, 4.69) is 26.6 Å². The van der Waals surface area contributed by atoms with Crippen molar-refractivity contribution in [3.05, 3.63) is 33.4 Å². The summed E-state index contributed by atoms with van der Waals surface area (Å²) in [6, 6.07) is 2.85. The molecule has 1 atom stereocenters. The third-order valence-electron chi connectivity index (χ3n) is 3.37. The summed E-state index contributed by atoms with van der Waals surface area (Å²) in [6.45, 7) is 3.78. The number of rotatable bonds is 4. The van der Waals surface area contributed by atoms with Gasteiger partial charge in [0.25, 0.3) is 0 Å². The summed E-state index contributed by atoms with van der Waals surface area (Å²) in [5.74, 6) is -0.145. The summed E-state index contributed by atoms with van der Waals surface area (Å²) in [6.07, 6.45) is 0. The Morgan fingerprint density at radius 3 is 2.78 bits per heavy atom. The number of ether oxygens (including phenoxy) is 2. The van der Waals surface area contributed by atoms with Gasteiger partial charge in [-0.05, 0) is 59.7 Å². The average molecular weight is 401 g/mol. The first-order valence-corrected chi connectivity index (χ1v) is 8.11. The van der Waals surface area contributed by atoms with Crippen molar-refractivity contribution < 1.29 is 19.4 Å². The van der Waals surface area contributed by atoms with Crippen LogP contribution in [0.5, 0.6) is 11.5 Å². The molecule has 23 heavy (non-hydrogen) atoms. The monoisotopic (exact) mass is 400 g/mol. The Hall–Kier alpha value is -1.80. The Balaban J connectivity index is 2.54. The van der Waals surface area contributed by atoms with Crippen LogP contribution in [0.3, 0.4) is 0 Å². The van der Waals surface area contributed by atoms with Gasteiger partial charge in [-0.2, -0.15) is 0 Å². The first-order chi connectivity index (χ1) is 10.9. The van der Waals surface area contributed by atoms with Crippen molar-refractivity contribution in [2.75, 3.05) is 13.7 Å². The van der Waals surface area contributed by atoms with Crippen LogP contribution >= 0.6 is 28.1 Å². The number of aromatic hydroxyl groups is 1. The molecule has 1 heterocycles. The zero-order valence-corrected chi connectivity index (χ0v) is 15.3. The lowest BCUT2D eigenvalue weighted by Crippen LogP contribution is -2.45. The fourth-order valence-electron chi connectivity index (χ4n) is 2.34. The smallest absolute Gasteiger partial charge is 0.338 e. The fourth-order valence-corrected chi connectivity index (χ4v) is 3.07. The van der Waals surface area contributed by atoms with Gasteiger partial charge in [0.2, 0.25) is 0 Å². The van der Waals surface area contributed by atoms with E-state index in [1.165, 1.54) is 7.11 Å². The first-order valence-electron chi connectivity index (χ1n) is 6.90. The summed E-state index contributed by atoms with van der Waals surface area (Å²) in [5, 5.41) is 16.3. The van der Waals surface area contributed by atoms with Gasteiger partial charge < -0.3 is 25.2 Å². The van der Waals surface area contributed by atoms with Gasteiger partial charge in [-0.15, -0.1) is 0 Å². The SMILES string of the molecule is CCOC(=O)C1=C(C)NC(=S)N[C@@H]1c1cc(Br)c(O)c(OC)c1. The molecule has 1 aromatic rings. The summed E-state index contributed by atoms with van der Waals surface area (Å²) < 4.78 is 10.8. The van der Waals surface area contributed by atoms with Crippen LogP contribution in [0.15, 0.2) is 27.9 Å². The highest BCUT2D eigenvalue weighted by Gasteiger charge is 2.31. The maximum absolute atomic E-state index is 12.3. The van der Waals surface area contributed by atoms with Crippen molar-refractivity contribution in [3.8, 4) is 11.5 Å². The van der Waals surface area contributed by atoms with Crippen molar-refractivity contribution in [1.82, 2.24) is 10.6 Å². The van der Waals surface area contributed by atoms with Crippen LogP contribution in [0.1, 0.15) is 25.5 Å². The summed E-state index contributed by atoms with van der Waals surface area (Å²) >= 11 is 8.47. The largest absolute Gasteiger partial charge is 0.503 e. The van der Waals surface area contributed by atoms with Crippen LogP contribution in [0.4, 0.5) is 0 Å². The number of hydrogen-bond acceptors (Lipinski definition) is 5. The highest BCUT2D eigenvalue weighted by Crippen LogP contribution is 2.39. The number of thiocarbonyl (C=S) groups is 1. The minimum atomic E-state index is -0.506. The lowest BCUT2D eigenvalue weighted by molar-refractivity contribution is -0.139. The number of allylic oxidation sites excluding steroid dienone is 1. The number of esters is 1. The Bertz CT molecular complexity index is 690. The minimum Gasteiger partial charge on any atom is -0.503 e. The molecule has 0 unspecified atom stereocenters. The molecule has 2 rings (SSSR count). The van der Waals surface area contributed by atoms with Gasteiger partial charge in [-0.3, -0.25) is 0 Å². The normalized spacial score (nSPS) is 17.4. The molecule has 0 spiro atoms. The van der Waals surface area contributed by atoms with Crippen molar-refractivity contribution in [2.24, 2.45) is 0 Å². The van der Waals surface area contributed by atoms with Gasteiger partial charge in [0.1, 0.15) is 0 Å². The minimum absolute atomic E-state index is 0.00820. The topological polar surface area (TPSA) is 79.8 Å². The van der Waals surface area contributed by atoms with Crippen LogP contribution in [-0.4, -0.2) is 29.9 Å². The number of nitrogens with one attached hydrogen (secondary N) is 2. The molecule has 1 aliphatic heterocycles. The van der Waals surface area contributed by atoms with E-state index in [1.54, 1.807) is 26.0 Å². The van der Waals surface area contributed by atoms with Crippen molar-refractivity contribution in [1.29, 1.82) is 0 Å². The molecule has 0 aliphatic carbocycles. The predicted octanol–water partition coefficient (Wildman–Crippen LogP) is 2.52. The predicted molar refractivity (Wildman–Crippen MR) is 93.3 cm³/mol. The zero-order chi connectivity index (χ0) is 17.1. The van der Waals surface area contributed by atoms with Crippen LogP contribution in [0, 0.1) is 0 Å². The Kier molecular flexibility index (Phi) is 5.48. The highest BCUT2D eigenvalue weighted by atomic mass is 79.9. The molecular weight excluding hydrogens is 384 g/mol. The molecular formula is C15H17BrN2O4S. The van der Waals surface area contributed by atoms with E-state index in [0.717, 1.165) is 0 Å². The van der Waals surface area contributed by atoms with E-state index in [9.17, 15) is 9.90 Å². The molecule has 6 nitrogen and oxygen atoms in total. The van der Waals surface area contributed by atoms with Gasteiger partial charge >= 0.3 is 5.97 Å². The Morgan fingerprint density at radius 2 is 2.17 bits per heavy atom. The van der Waals surface area contributed by atoms with E-state index in [0.29, 0.717) is 32.2 Å². The molecule has 3 N–H and O–H groups in total. The molecule has 124 valence electrons. The number of phenolic OH excluding ortho intramolecular Hbond substituents is 1. The van der Waals surface area contributed by atoms with E-state index in [1.807, 2.05) is 0 Å². The molecule has 0 amide bonds. The number of phenols is 1. The van der Waals surface area contributed by atoms with Gasteiger partial charge in [0, 0.05) is 5.70 Å². The number of methoxy groups -OCH3 is 1. The molecule has 1 aliphatic rings. The lowest BCUT2D eigenvalue weighted by atomic mass is 9.95. The number of benzene rings is 1. The van der Waals surface area contributed by atoms with Crippen LogP contribution in [-0.2, 0) is 9.53 Å². The molecule has 0 radical (unpaired) electrons. The van der Waals surface area contributed by atoms with Crippen LogP contribution < -0.4 is 15.4 Å². The summed E-state index contributed by atoms with van der Waals surface area (Å²) in [5.41, 5.74) is 1.76. The van der Waals surface area contributed by atoms with E-state index in [-0.39, 0.29) is 12.4 Å². The standard InChI is InChI=1S/C15H17BrN2O4S/c1-4-22-14(20)11-7(2)17-15(23)18-12(11)8-5-9(16)13(19)10(6-8)21-3/h5-6,12,19H,4H2,1-3H3,(H2,17,18,23)/t12-/m1/s1. The quantitative estimate of drug-likeness (QED) is 0.529. The molecule has 0 bridgehead atoms. The molecule has 8 heteroatoms. The highest BCUT2D eigenvalue weighted by molar-refractivity contribution is 9.10. The maximum atomic E-state index is 12.3. The molecule has 0 aromatic heterocycles. The molecule has 0 saturated heterocycles. The van der Waals surface area contributed by atoms with Crippen LogP contribution in [0.25, 0.3) is 0 Å². The molecule has 0 saturated carbocycles. The van der Waals surface area contributed by atoms with Crippen molar-refractivity contribution in [2.45, 2.75) is 19.9 Å². The third kappa shape index (κ3) is 3.59. The zero-order valence-electron chi connectivity index (χ0n) is 12.9. The van der Waals surface area contributed by atoms with Crippen molar-refractivity contribution >= 4 is 39.2 Å². The van der Waals surface area contributed by atoms with E-state index in [4.69, 9.17) is 21.7 Å². The number of hydrogen-bond donors (Lipinski definition) is 3. The second-order valence-electron chi connectivity index (χ2n) is 4.84. The maximum Gasteiger partial charge on any atom is 0.338 e. The molecule has 0 fully saturated rings. The third-order valence-corrected chi connectivity index (χ3v) is 4.19. The van der Waals surface area contributed by atoms with Gasteiger partial charge in [0.05, 0.1) is 29.8 Å². The number of halogens is 1. The summed E-state index contributed by atoms with van der Waals surface area (Å²) in [7, 11) is 1.46. The van der Waals surface area contributed by atoms with Gasteiger partial charge in [-0.25, -0.2) is 4.79 Å². The average Bonchev–Trinajstić information content (AvgIpc) is 2.49. The summed E-state index contributed by atoms with van der Waals surface area (Å²) in [4.78, 5) is 12.3. The van der Waals surface area contributed by atoms with E-state index < -0.39 is 12.0 Å². The number of carbonyl (C=O) groups excluding carboxylic acids is 1. The van der Waals surface area contributed by atoms with Crippen molar-refractivity contribution in [3.63, 3.8) is 0 Å². The van der Waals surface area contributed by atoms with E-state index >= 15 is 0 Å². The van der Waals surface area contributed by atoms with Gasteiger partial charge in [0.15, 0.2) is 16.6 Å².